The number of likely N-dealkylation sites (tertiary alicyclic amines) is 1. The molecule has 2 aromatic carbocycles. The highest BCUT2D eigenvalue weighted by Crippen LogP contribution is 2.36. The first-order valence-electron chi connectivity index (χ1n) is 14.0. The number of anilines is 1. The van der Waals surface area contributed by atoms with Crippen LogP contribution in [0.4, 0.5) is 5.69 Å². The number of para-hydroxylation sites is 1. The summed E-state index contributed by atoms with van der Waals surface area (Å²) in [7, 11) is 0. The number of nitrogens with zero attached hydrogens (tertiary/aromatic N) is 5. The van der Waals surface area contributed by atoms with E-state index in [-0.39, 0.29) is 17.9 Å². The lowest BCUT2D eigenvalue weighted by Gasteiger charge is -2.32. The number of primary amides is 1. The highest BCUT2D eigenvalue weighted by molar-refractivity contribution is 6.00. The van der Waals surface area contributed by atoms with Crippen LogP contribution in [-0.2, 0) is 4.79 Å². The zero-order valence-corrected chi connectivity index (χ0v) is 23.5. The van der Waals surface area contributed by atoms with Crippen molar-refractivity contribution in [2.45, 2.75) is 45.6 Å². The van der Waals surface area contributed by atoms with Crippen LogP contribution in [0.5, 0.6) is 0 Å². The number of carbonyl (C=O) groups excluding carboxylic acids is 2. The van der Waals surface area contributed by atoms with Crippen molar-refractivity contribution in [1.82, 2.24) is 24.6 Å². The first-order valence-corrected chi connectivity index (χ1v) is 14.0. The SMILES string of the molecule is CC(=O)N1CCC(Nc2cc(-n3nc(C(C)C)c4c(-c5cnc6ccccc6c5)ccnc43)ccc2C(N)=O)CC1. The van der Waals surface area contributed by atoms with E-state index in [0.29, 0.717) is 24.3 Å². The number of amides is 2. The van der Waals surface area contributed by atoms with Gasteiger partial charge < -0.3 is 16.0 Å². The molecule has 0 saturated carbocycles. The third-order valence-corrected chi connectivity index (χ3v) is 7.86. The second-order valence-corrected chi connectivity index (χ2v) is 10.9. The summed E-state index contributed by atoms with van der Waals surface area (Å²) < 4.78 is 1.84. The van der Waals surface area contributed by atoms with Crippen molar-refractivity contribution in [2.75, 3.05) is 18.4 Å². The Bertz CT molecular complexity index is 1780. The number of carbonyl (C=O) groups is 2. The first kappa shape index (κ1) is 26.4. The van der Waals surface area contributed by atoms with Crippen LogP contribution < -0.4 is 11.1 Å². The fraction of sp³-hybridized carbons (Fsp3) is 0.281. The third-order valence-electron chi connectivity index (χ3n) is 7.86. The molecule has 2 amide bonds. The van der Waals surface area contributed by atoms with Crippen LogP contribution in [0.25, 0.3) is 38.8 Å². The maximum absolute atomic E-state index is 12.3. The van der Waals surface area contributed by atoms with Gasteiger partial charge in [-0.1, -0.05) is 32.0 Å². The van der Waals surface area contributed by atoms with E-state index in [9.17, 15) is 9.59 Å². The second-order valence-electron chi connectivity index (χ2n) is 10.9. The summed E-state index contributed by atoms with van der Waals surface area (Å²) in [5.41, 5.74) is 12.2. The topological polar surface area (TPSA) is 119 Å². The Balaban J connectivity index is 1.43. The summed E-state index contributed by atoms with van der Waals surface area (Å²) in [6, 6.07) is 17.9. The van der Waals surface area contributed by atoms with Crippen molar-refractivity contribution in [3.05, 3.63) is 78.2 Å². The van der Waals surface area contributed by atoms with Crippen molar-refractivity contribution < 1.29 is 9.59 Å². The molecule has 3 N–H and O–H groups in total. The molecule has 0 aliphatic carbocycles. The Morgan fingerprint density at radius 1 is 1.02 bits per heavy atom. The molecule has 0 bridgehead atoms. The van der Waals surface area contributed by atoms with Crippen LogP contribution in [0.3, 0.4) is 0 Å². The summed E-state index contributed by atoms with van der Waals surface area (Å²) in [6.45, 7) is 7.20. The van der Waals surface area contributed by atoms with Gasteiger partial charge in [0.05, 0.1) is 27.8 Å². The fourth-order valence-corrected chi connectivity index (χ4v) is 5.67. The minimum absolute atomic E-state index is 0.0844. The monoisotopic (exact) mass is 547 g/mol. The molecule has 208 valence electrons. The number of nitrogens with one attached hydrogen (secondary N) is 1. The Hall–Kier alpha value is -4.79. The molecule has 0 spiro atoms. The molecule has 5 aromatic rings. The molecule has 1 aliphatic rings. The fourth-order valence-electron chi connectivity index (χ4n) is 5.67. The zero-order valence-electron chi connectivity index (χ0n) is 23.5. The molecule has 9 nitrogen and oxygen atoms in total. The van der Waals surface area contributed by atoms with Crippen LogP contribution >= 0.6 is 0 Å². The summed E-state index contributed by atoms with van der Waals surface area (Å²) in [5, 5.41) is 10.6. The predicted molar refractivity (Wildman–Crippen MR) is 161 cm³/mol. The van der Waals surface area contributed by atoms with Gasteiger partial charge in [0.15, 0.2) is 5.65 Å². The predicted octanol–water partition coefficient (Wildman–Crippen LogP) is 5.28. The molecule has 3 aromatic heterocycles. The Morgan fingerprint density at radius 3 is 2.54 bits per heavy atom. The van der Waals surface area contributed by atoms with Gasteiger partial charge in [-0.25, -0.2) is 9.67 Å². The van der Waals surface area contributed by atoms with Gasteiger partial charge in [0.1, 0.15) is 0 Å². The van der Waals surface area contributed by atoms with E-state index in [1.807, 2.05) is 52.2 Å². The number of piperidine rings is 1. The number of benzene rings is 2. The van der Waals surface area contributed by atoms with Crippen molar-refractivity contribution in [3.8, 4) is 16.8 Å². The molecule has 6 rings (SSSR count). The Kier molecular flexibility index (Phi) is 6.86. The lowest BCUT2D eigenvalue weighted by molar-refractivity contribution is -0.129. The number of rotatable bonds is 6. The van der Waals surface area contributed by atoms with Crippen molar-refractivity contribution in [1.29, 1.82) is 0 Å². The van der Waals surface area contributed by atoms with E-state index in [2.05, 4.69) is 31.3 Å². The number of aromatic nitrogens is 4. The van der Waals surface area contributed by atoms with Crippen LogP contribution in [-0.4, -0.2) is 55.6 Å². The summed E-state index contributed by atoms with van der Waals surface area (Å²) in [6.07, 6.45) is 5.28. The quantitative estimate of drug-likeness (QED) is 0.299. The standard InChI is InChI=1S/C32H33N7O2/c1-19(2)30-29-25(22-16-21-6-4-5-7-27(21)35-18-22)10-13-34-32(29)39(37-30)24-8-9-26(31(33)41)28(17-24)36-23-11-14-38(15-12-23)20(3)40/h4-10,13,16-19,23,36H,11-12,14-15H2,1-3H3,(H2,33,41). The largest absolute Gasteiger partial charge is 0.381 e. The minimum Gasteiger partial charge on any atom is -0.381 e. The van der Waals surface area contributed by atoms with E-state index in [4.69, 9.17) is 20.8 Å². The first-order chi connectivity index (χ1) is 19.8. The van der Waals surface area contributed by atoms with E-state index in [1.54, 1.807) is 19.2 Å². The Morgan fingerprint density at radius 2 is 1.80 bits per heavy atom. The molecule has 0 unspecified atom stereocenters. The van der Waals surface area contributed by atoms with Gasteiger partial charge in [-0.2, -0.15) is 5.10 Å². The summed E-state index contributed by atoms with van der Waals surface area (Å²) >= 11 is 0. The molecule has 41 heavy (non-hydrogen) atoms. The van der Waals surface area contributed by atoms with E-state index in [1.165, 1.54) is 0 Å². The number of pyridine rings is 2. The maximum Gasteiger partial charge on any atom is 0.250 e. The molecule has 9 heteroatoms. The maximum atomic E-state index is 12.3. The lowest BCUT2D eigenvalue weighted by atomic mass is 9.98. The van der Waals surface area contributed by atoms with Gasteiger partial charge in [-0.05, 0) is 60.7 Å². The average molecular weight is 548 g/mol. The molecule has 4 heterocycles. The molecule has 1 fully saturated rings. The molecule has 0 atom stereocenters. The van der Waals surface area contributed by atoms with Crippen LogP contribution in [0.15, 0.2) is 67.0 Å². The van der Waals surface area contributed by atoms with Crippen LogP contribution in [0, 0.1) is 0 Å². The van der Waals surface area contributed by atoms with Gasteiger partial charge in [0.25, 0.3) is 5.91 Å². The minimum atomic E-state index is -0.502. The van der Waals surface area contributed by atoms with Crippen molar-refractivity contribution in [3.63, 3.8) is 0 Å². The average Bonchev–Trinajstić information content (AvgIpc) is 3.37. The van der Waals surface area contributed by atoms with E-state index in [0.717, 1.165) is 57.3 Å². The molecular weight excluding hydrogens is 514 g/mol. The molecule has 0 radical (unpaired) electrons. The Labute approximate surface area is 238 Å². The zero-order chi connectivity index (χ0) is 28.7. The van der Waals surface area contributed by atoms with Gasteiger partial charge in [0.2, 0.25) is 5.91 Å². The van der Waals surface area contributed by atoms with Crippen LogP contribution in [0.2, 0.25) is 0 Å². The van der Waals surface area contributed by atoms with Crippen LogP contribution in [0.1, 0.15) is 55.6 Å². The van der Waals surface area contributed by atoms with Crippen molar-refractivity contribution in [2.24, 2.45) is 5.73 Å². The normalized spacial score (nSPS) is 14.2. The number of hydrogen-bond donors (Lipinski definition) is 2. The number of fused-ring (bicyclic) bond motifs is 2. The molecular formula is C32H33N7O2. The van der Waals surface area contributed by atoms with Gasteiger partial charge in [-0.3, -0.25) is 14.6 Å². The highest BCUT2D eigenvalue weighted by Gasteiger charge is 2.24. The molecule has 1 saturated heterocycles. The summed E-state index contributed by atoms with van der Waals surface area (Å²) in [4.78, 5) is 35.4. The third kappa shape index (κ3) is 4.99. The van der Waals surface area contributed by atoms with E-state index < -0.39 is 5.91 Å². The second kappa shape index (κ2) is 10.6. The molecule has 1 aliphatic heterocycles. The van der Waals surface area contributed by atoms with Gasteiger partial charge in [-0.15, -0.1) is 0 Å². The highest BCUT2D eigenvalue weighted by atomic mass is 16.2. The smallest absolute Gasteiger partial charge is 0.250 e. The number of hydrogen-bond acceptors (Lipinski definition) is 6. The van der Waals surface area contributed by atoms with Gasteiger partial charge >= 0.3 is 0 Å². The lowest BCUT2D eigenvalue weighted by Crippen LogP contribution is -2.41. The van der Waals surface area contributed by atoms with Crippen molar-refractivity contribution >= 4 is 39.4 Å². The van der Waals surface area contributed by atoms with E-state index >= 15 is 0 Å². The van der Waals surface area contributed by atoms with Gasteiger partial charge in [0, 0.05) is 55.1 Å². The number of nitrogens with two attached hydrogens (primary N) is 1. The summed E-state index contributed by atoms with van der Waals surface area (Å²) in [5.74, 6) is -0.275.